The number of nitrogens with one attached hydrogen (secondary N) is 1. The van der Waals surface area contributed by atoms with Gasteiger partial charge in [-0.3, -0.25) is 10.2 Å². The molecule has 1 aliphatic heterocycles. The normalized spacial score (nSPS) is 14.3. The van der Waals surface area contributed by atoms with Crippen molar-refractivity contribution in [3.05, 3.63) is 24.3 Å². The minimum atomic E-state index is -0.346. The molecule has 1 aromatic carbocycles. The predicted molar refractivity (Wildman–Crippen MR) is 97.0 cm³/mol. The molecule has 7 heteroatoms. The van der Waals surface area contributed by atoms with Crippen molar-refractivity contribution in [3.8, 4) is 12.1 Å². The van der Waals surface area contributed by atoms with Gasteiger partial charge in [0.1, 0.15) is 12.1 Å². The number of amides is 1. The van der Waals surface area contributed by atoms with Gasteiger partial charge >= 0.3 is 0 Å². The van der Waals surface area contributed by atoms with E-state index in [1.165, 1.54) is 0 Å². The van der Waals surface area contributed by atoms with E-state index in [4.69, 9.17) is 10.5 Å². The monoisotopic (exact) mass is 338 g/mol. The highest BCUT2D eigenvalue weighted by Crippen LogP contribution is 2.22. The molecule has 0 aromatic heterocycles. The summed E-state index contributed by atoms with van der Waals surface area (Å²) in [7, 11) is 0. The zero-order valence-electron chi connectivity index (χ0n) is 14.8. The van der Waals surface area contributed by atoms with Crippen LogP contribution in [0.3, 0.4) is 0 Å². The second-order valence-electron chi connectivity index (χ2n) is 6.87. The molecule has 1 aliphatic rings. The first-order chi connectivity index (χ1) is 11.8. The fraction of sp³-hybridized carbons (Fsp3) is 0.444. The Kier molecular flexibility index (Phi) is 5.61. The molecular weight excluding hydrogens is 316 g/mol. The smallest absolute Gasteiger partial charge is 0.237 e. The largest absolute Gasteiger partial charge is 0.368 e. The highest BCUT2D eigenvalue weighted by molar-refractivity contribution is 6.10. The highest BCUT2D eigenvalue weighted by atomic mass is 16.2. The van der Waals surface area contributed by atoms with Crippen molar-refractivity contribution in [2.75, 3.05) is 36.5 Å². The molecule has 0 radical (unpaired) electrons. The number of hydrogen-bond donors (Lipinski definition) is 1. The average molecular weight is 338 g/mol. The third-order valence-electron chi connectivity index (χ3n) is 3.95. The second-order valence-corrected chi connectivity index (χ2v) is 6.87. The topological polar surface area (TPSA) is 95.5 Å². The Morgan fingerprint density at radius 1 is 1.08 bits per heavy atom. The van der Waals surface area contributed by atoms with E-state index in [-0.39, 0.29) is 17.0 Å². The van der Waals surface area contributed by atoms with Crippen LogP contribution in [0, 0.1) is 28.1 Å². The number of carbonyl (C=O) groups is 1. The van der Waals surface area contributed by atoms with E-state index in [0.29, 0.717) is 18.8 Å². The fourth-order valence-electron chi connectivity index (χ4n) is 2.58. The lowest BCUT2D eigenvalue weighted by Gasteiger charge is -2.38. The summed E-state index contributed by atoms with van der Waals surface area (Å²) in [4.78, 5) is 16.5. The van der Waals surface area contributed by atoms with Crippen LogP contribution in [0.2, 0.25) is 0 Å². The van der Waals surface area contributed by atoms with E-state index in [1.807, 2.05) is 49.9 Å². The number of hydrazone groups is 1. The lowest BCUT2D eigenvalue weighted by atomic mass is 9.94. The summed E-state index contributed by atoms with van der Waals surface area (Å²) in [5.41, 5.74) is 3.89. The Balaban J connectivity index is 1.94. The summed E-state index contributed by atoms with van der Waals surface area (Å²) in [6.07, 6.45) is 0. The number of piperazine rings is 1. The van der Waals surface area contributed by atoms with Crippen molar-refractivity contribution in [2.45, 2.75) is 20.8 Å². The molecule has 0 atom stereocenters. The number of carbonyl (C=O) groups excluding carboxylic acids is 1. The molecule has 1 heterocycles. The SMILES string of the molecule is CC(C)(C)C(=O)N1CCN(c2ccc(NN=C(C#N)C#N)cc2)CC1. The zero-order valence-corrected chi connectivity index (χ0v) is 14.8. The number of nitriles is 2. The summed E-state index contributed by atoms with van der Waals surface area (Å²) >= 11 is 0. The summed E-state index contributed by atoms with van der Waals surface area (Å²) < 4.78 is 0. The van der Waals surface area contributed by atoms with Crippen LogP contribution >= 0.6 is 0 Å². The molecule has 0 saturated carbocycles. The van der Waals surface area contributed by atoms with Crippen LogP contribution in [0.4, 0.5) is 11.4 Å². The van der Waals surface area contributed by atoms with E-state index < -0.39 is 0 Å². The Hall–Kier alpha value is -3.06. The third kappa shape index (κ3) is 4.71. The van der Waals surface area contributed by atoms with E-state index in [9.17, 15) is 4.79 Å². The van der Waals surface area contributed by atoms with Crippen molar-refractivity contribution in [3.63, 3.8) is 0 Å². The number of nitrogens with zero attached hydrogens (tertiary/aromatic N) is 5. The van der Waals surface area contributed by atoms with Gasteiger partial charge in [-0.2, -0.15) is 15.6 Å². The van der Waals surface area contributed by atoms with Crippen LogP contribution in [0.15, 0.2) is 29.4 Å². The van der Waals surface area contributed by atoms with Gasteiger partial charge in [0.15, 0.2) is 0 Å². The average Bonchev–Trinajstić information content (AvgIpc) is 2.62. The molecule has 0 bridgehead atoms. The number of benzene rings is 1. The Labute approximate surface area is 148 Å². The van der Waals surface area contributed by atoms with Crippen LogP contribution < -0.4 is 10.3 Å². The van der Waals surface area contributed by atoms with Gasteiger partial charge < -0.3 is 9.80 Å². The minimum Gasteiger partial charge on any atom is -0.368 e. The Morgan fingerprint density at radius 2 is 1.64 bits per heavy atom. The first kappa shape index (κ1) is 18.3. The van der Waals surface area contributed by atoms with Gasteiger partial charge in [0.2, 0.25) is 11.6 Å². The van der Waals surface area contributed by atoms with E-state index in [2.05, 4.69) is 15.4 Å². The Bertz CT molecular complexity index is 709. The van der Waals surface area contributed by atoms with Crippen molar-refractivity contribution < 1.29 is 4.79 Å². The van der Waals surface area contributed by atoms with Gasteiger partial charge in [-0.15, -0.1) is 0 Å². The molecule has 2 rings (SSSR count). The number of rotatable bonds is 3. The van der Waals surface area contributed by atoms with Crippen molar-refractivity contribution in [2.24, 2.45) is 10.5 Å². The molecular formula is C18H22N6O. The van der Waals surface area contributed by atoms with Gasteiger partial charge in [-0.25, -0.2) is 0 Å². The first-order valence-corrected chi connectivity index (χ1v) is 8.13. The lowest BCUT2D eigenvalue weighted by Crippen LogP contribution is -2.51. The van der Waals surface area contributed by atoms with E-state index in [0.717, 1.165) is 18.8 Å². The molecule has 130 valence electrons. The summed E-state index contributed by atoms with van der Waals surface area (Å²) in [6.45, 7) is 8.85. The quantitative estimate of drug-likeness (QED) is 0.673. The summed E-state index contributed by atoms with van der Waals surface area (Å²) in [6, 6.07) is 11.0. The molecule has 1 amide bonds. The number of anilines is 2. The maximum atomic E-state index is 12.3. The van der Waals surface area contributed by atoms with Gasteiger partial charge in [-0.05, 0) is 24.3 Å². The van der Waals surface area contributed by atoms with Crippen LogP contribution in [0.5, 0.6) is 0 Å². The summed E-state index contributed by atoms with van der Waals surface area (Å²) in [5.74, 6) is 0.190. The van der Waals surface area contributed by atoms with E-state index in [1.54, 1.807) is 12.1 Å². The number of hydrogen-bond acceptors (Lipinski definition) is 6. The van der Waals surface area contributed by atoms with Crippen molar-refractivity contribution >= 4 is 23.0 Å². The van der Waals surface area contributed by atoms with Gasteiger partial charge in [0, 0.05) is 37.3 Å². The van der Waals surface area contributed by atoms with Crippen LogP contribution in [-0.2, 0) is 4.79 Å². The molecule has 0 spiro atoms. The standard InChI is InChI=1S/C18H22N6O/c1-18(2,3)17(25)24-10-8-23(9-11-24)16-6-4-14(5-7-16)21-22-15(12-19)13-20/h4-7,21H,8-11H2,1-3H3. The van der Waals surface area contributed by atoms with Crippen LogP contribution in [0.1, 0.15) is 20.8 Å². The molecule has 0 unspecified atom stereocenters. The zero-order chi connectivity index (χ0) is 18.4. The molecule has 0 aliphatic carbocycles. The summed E-state index contributed by atoms with van der Waals surface area (Å²) in [5, 5.41) is 21.0. The molecule has 1 N–H and O–H groups in total. The fourth-order valence-corrected chi connectivity index (χ4v) is 2.58. The first-order valence-electron chi connectivity index (χ1n) is 8.13. The van der Waals surface area contributed by atoms with Crippen LogP contribution in [-0.4, -0.2) is 42.7 Å². The van der Waals surface area contributed by atoms with E-state index >= 15 is 0 Å². The molecule has 1 fully saturated rings. The van der Waals surface area contributed by atoms with Crippen molar-refractivity contribution in [1.29, 1.82) is 10.5 Å². The predicted octanol–water partition coefficient (Wildman–Crippen LogP) is 2.20. The maximum Gasteiger partial charge on any atom is 0.237 e. The highest BCUT2D eigenvalue weighted by Gasteiger charge is 2.29. The maximum absolute atomic E-state index is 12.3. The van der Waals surface area contributed by atoms with Gasteiger partial charge in [0.05, 0.1) is 5.69 Å². The van der Waals surface area contributed by atoms with Gasteiger partial charge in [-0.1, -0.05) is 20.8 Å². The third-order valence-corrected chi connectivity index (χ3v) is 3.95. The molecule has 1 aromatic rings. The van der Waals surface area contributed by atoms with Gasteiger partial charge in [0.25, 0.3) is 0 Å². The van der Waals surface area contributed by atoms with Crippen molar-refractivity contribution in [1.82, 2.24) is 4.90 Å². The minimum absolute atomic E-state index is 0.190. The molecule has 25 heavy (non-hydrogen) atoms. The lowest BCUT2D eigenvalue weighted by molar-refractivity contribution is -0.139. The Morgan fingerprint density at radius 3 is 2.12 bits per heavy atom. The van der Waals surface area contributed by atoms with Crippen LogP contribution in [0.25, 0.3) is 0 Å². The molecule has 1 saturated heterocycles. The second kappa shape index (κ2) is 7.67. The molecule has 7 nitrogen and oxygen atoms in total.